The van der Waals surface area contributed by atoms with E-state index in [9.17, 15) is 0 Å². The number of hydrogen-bond acceptors (Lipinski definition) is 6. The van der Waals surface area contributed by atoms with Crippen molar-refractivity contribution in [3.8, 4) is 23.0 Å². The molecule has 0 saturated heterocycles. The molecule has 0 saturated carbocycles. The van der Waals surface area contributed by atoms with Crippen LogP contribution >= 0.6 is 0 Å². The van der Waals surface area contributed by atoms with E-state index in [-0.39, 0.29) is 6.54 Å². The maximum absolute atomic E-state index is 5.43. The summed E-state index contributed by atoms with van der Waals surface area (Å²) in [7, 11) is 3.16. The molecule has 1 aromatic carbocycles. The lowest BCUT2D eigenvalue weighted by Gasteiger charge is -2.06. The average molecular weight is 235 g/mol. The number of methoxy groups -OCH3 is 2. The highest BCUT2D eigenvalue weighted by Gasteiger charge is 2.14. The minimum Gasteiger partial charge on any atom is -0.497 e. The summed E-state index contributed by atoms with van der Waals surface area (Å²) in [5.41, 5.74) is 6.11. The van der Waals surface area contributed by atoms with Gasteiger partial charge in [0.15, 0.2) is 5.82 Å². The Labute approximate surface area is 98.3 Å². The fraction of sp³-hybridized carbons (Fsp3) is 0.273. The molecule has 1 aromatic heterocycles. The molecule has 1 heterocycles. The Morgan fingerprint density at radius 1 is 1.29 bits per heavy atom. The monoisotopic (exact) mass is 235 g/mol. The van der Waals surface area contributed by atoms with Crippen LogP contribution in [0, 0.1) is 0 Å². The van der Waals surface area contributed by atoms with Crippen LogP contribution in [0.15, 0.2) is 22.7 Å². The van der Waals surface area contributed by atoms with Crippen molar-refractivity contribution >= 4 is 0 Å². The van der Waals surface area contributed by atoms with E-state index in [1.54, 1.807) is 32.4 Å². The molecule has 0 aliphatic heterocycles. The Hall–Kier alpha value is -2.08. The van der Waals surface area contributed by atoms with Crippen molar-refractivity contribution in [1.29, 1.82) is 0 Å². The third-order valence-corrected chi connectivity index (χ3v) is 2.29. The summed E-state index contributed by atoms with van der Waals surface area (Å²) >= 11 is 0. The van der Waals surface area contributed by atoms with Gasteiger partial charge >= 0.3 is 0 Å². The predicted octanol–water partition coefficient (Wildman–Crippen LogP) is 1.21. The fourth-order valence-electron chi connectivity index (χ4n) is 1.43. The molecule has 0 aliphatic carbocycles. The van der Waals surface area contributed by atoms with Crippen LogP contribution in [0.5, 0.6) is 11.5 Å². The zero-order chi connectivity index (χ0) is 12.3. The average Bonchev–Trinajstić information content (AvgIpc) is 2.86. The molecule has 0 radical (unpaired) electrons. The first-order valence-corrected chi connectivity index (χ1v) is 5.03. The molecular weight excluding hydrogens is 222 g/mol. The summed E-state index contributed by atoms with van der Waals surface area (Å²) < 4.78 is 15.5. The summed E-state index contributed by atoms with van der Waals surface area (Å²) in [6.45, 7) is 0.232. The van der Waals surface area contributed by atoms with Crippen LogP contribution in [0.1, 0.15) is 5.82 Å². The smallest absolute Gasteiger partial charge is 0.261 e. The highest BCUT2D eigenvalue weighted by Crippen LogP contribution is 2.32. The minimum atomic E-state index is 0.232. The Morgan fingerprint density at radius 2 is 2.12 bits per heavy atom. The molecule has 6 heteroatoms. The summed E-state index contributed by atoms with van der Waals surface area (Å²) in [6.07, 6.45) is 0. The van der Waals surface area contributed by atoms with Crippen LogP contribution in [0.4, 0.5) is 0 Å². The van der Waals surface area contributed by atoms with E-state index >= 15 is 0 Å². The Bertz CT molecular complexity index is 510. The summed E-state index contributed by atoms with van der Waals surface area (Å²) in [5, 5.41) is 3.73. The van der Waals surface area contributed by atoms with Gasteiger partial charge in [-0.2, -0.15) is 4.98 Å². The molecule has 0 fully saturated rings. The highest BCUT2D eigenvalue weighted by molar-refractivity contribution is 5.64. The molecule has 0 atom stereocenters. The summed E-state index contributed by atoms with van der Waals surface area (Å²) in [5.74, 6) is 2.14. The Kier molecular flexibility index (Phi) is 3.24. The molecule has 17 heavy (non-hydrogen) atoms. The van der Waals surface area contributed by atoms with Gasteiger partial charge in [0.25, 0.3) is 5.89 Å². The maximum atomic E-state index is 5.43. The first-order valence-electron chi connectivity index (χ1n) is 5.03. The highest BCUT2D eigenvalue weighted by atomic mass is 16.5. The third-order valence-electron chi connectivity index (χ3n) is 2.29. The quantitative estimate of drug-likeness (QED) is 0.857. The van der Waals surface area contributed by atoms with Gasteiger partial charge in [-0.15, -0.1) is 0 Å². The largest absolute Gasteiger partial charge is 0.497 e. The lowest BCUT2D eigenvalue weighted by Crippen LogP contribution is -1.98. The van der Waals surface area contributed by atoms with E-state index in [4.69, 9.17) is 19.7 Å². The van der Waals surface area contributed by atoms with Crippen LogP contribution < -0.4 is 15.2 Å². The molecule has 6 nitrogen and oxygen atoms in total. The van der Waals surface area contributed by atoms with E-state index < -0.39 is 0 Å². The van der Waals surface area contributed by atoms with E-state index in [0.717, 1.165) is 0 Å². The van der Waals surface area contributed by atoms with Gasteiger partial charge in [-0.05, 0) is 18.2 Å². The van der Waals surface area contributed by atoms with Crippen LogP contribution in [0.3, 0.4) is 0 Å². The van der Waals surface area contributed by atoms with E-state index in [2.05, 4.69) is 10.1 Å². The van der Waals surface area contributed by atoms with Crippen molar-refractivity contribution < 1.29 is 14.0 Å². The Morgan fingerprint density at radius 3 is 2.71 bits per heavy atom. The molecule has 2 aromatic rings. The van der Waals surface area contributed by atoms with Crippen LogP contribution in [-0.2, 0) is 6.54 Å². The lowest BCUT2D eigenvalue weighted by atomic mass is 10.2. The van der Waals surface area contributed by atoms with Gasteiger partial charge < -0.3 is 19.7 Å². The van der Waals surface area contributed by atoms with Crippen molar-refractivity contribution in [2.75, 3.05) is 14.2 Å². The maximum Gasteiger partial charge on any atom is 0.261 e. The second-order valence-electron chi connectivity index (χ2n) is 3.29. The van der Waals surface area contributed by atoms with Crippen molar-refractivity contribution in [2.24, 2.45) is 5.73 Å². The zero-order valence-electron chi connectivity index (χ0n) is 9.64. The summed E-state index contributed by atoms with van der Waals surface area (Å²) in [6, 6.07) is 5.34. The number of benzene rings is 1. The van der Waals surface area contributed by atoms with Gasteiger partial charge in [-0.1, -0.05) is 5.16 Å². The van der Waals surface area contributed by atoms with Crippen LogP contribution in [-0.4, -0.2) is 24.4 Å². The number of ether oxygens (including phenoxy) is 2. The summed E-state index contributed by atoms with van der Waals surface area (Å²) in [4.78, 5) is 4.14. The van der Waals surface area contributed by atoms with Crippen LogP contribution in [0.2, 0.25) is 0 Å². The van der Waals surface area contributed by atoms with Gasteiger partial charge in [0.2, 0.25) is 0 Å². The molecule has 90 valence electrons. The third kappa shape index (κ3) is 2.21. The standard InChI is InChI=1S/C11H13N3O3/c1-15-7-3-4-9(16-2)8(5-7)11-13-10(6-12)14-17-11/h3-5H,6,12H2,1-2H3. The molecule has 0 spiro atoms. The lowest BCUT2D eigenvalue weighted by molar-refractivity contribution is 0.395. The molecule has 2 N–H and O–H groups in total. The minimum absolute atomic E-state index is 0.232. The first-order chi connectivity index (χ1) is 8.28. The second-order valence-corrected chi connectivity index (χ2v) is 3.29. The van der Waals surface area contributed by atoms with Crippen LogP contribution in [0.25, 0.3) is 11.5 Å². The van der Waals surface area contributed by atoms with Crippen molar-refractivity contribution in [2.45, 2.75) is 6.54 Å². The predicted molar refractivity (Wildman–Crippen MR) is 60.7 cm³/mol. The molecular formula is C11H13N3O3. The van der Waals surface area contributed by atoms with Gasteiger partial charge in [0, 0.05) is 0 Å². The van der Waals surface area contributed by atoms with Gasteiger partial charge in [-0.3, -0.25) is 0 Å². The van der Waals surface area contributed by atoms with Crippen molar-refractivity contribution in [3.05, 3.63) is 24.0 Å². The molecule has 0 amide bonds. The molecule has 2 rings (SSSR count). The SMILES string of the molecule is COc1ccc(OC)c(-c2nc(CN)no2)c1. The van der Waals surface area contributed by atoms with Gasteiger partial charge in [0.05, 0.1) is 26.3 Å². The van der Waals surface area contributed by atoms with Crippen molar-refractivity contribution in [3.63, 3.8) is 0 Å². The molecule has 0 unspecified atom stereocenters. The van der Waals surface area contributed by atoms with E-state index in [0.29, 0.717) is 28.8 Å². The fourth-order valence-corrected chi connectivity index (χ4v) is 1.43. The number of rotatable bonds is 4. The van der Waals surface area contributed by atoms with E-state index in [1.165, 1.54) is 0 Å². The van der Waals surface area contributed by atoms with E-state index in [1.807, 2.05) is 0 Å². The normalized spacial score (nSPS) is 10.3. The zero-order valence-corrected chi connectivity index (χ0v) is 9.64. The second kappa shape index (κ2) is 4.84. The number of hydrogen-bond donors (Lipinski definition) is 1. The van der Waals surface area contributed by atoms with Crippen molar-refractivity contribution in [1.82, 2.24) is 10.1 Å². The molecule has 0 aliphatic rings. The topological polar surface area (TPSA) is 83.4 Å². The number of aromatic nitrogens is 2. The number of nitrogens with two attached hydrogens (primary N) is 1. The molecule has 0 bridgehead atoms. The number of nitrogens with zero attached hydrogens (tertiary/aromatic N) is 2. The van der Waals surface area contributed by atoms with Gasteiger partial charge in [-0.25, -0.2) is 0 Å². The first kappa shape index (κ1) is 11.4. The Balaban J connectivity index is 2.47. The van der Waals surface area contributed by atoms with Gasteiger partial charge in [0.1, 0.15) is 11.5 Å².